The van der Waals surface area contributed by atoms with E-state index in [1.807, 2.05) is 0 Å². The van der Waals surface area contributed by atoms with Crippen molar-refractivity contribution in [2.45, 2.75) is 90.6 Å². The number of hydrogen-bond donors (Lipinski definition) is 0. The number of alkyl halides is 6. The van der Waals surface area contributed by atoms with E-state index >= 15 is 0 Å². The molecule has 0 saturated heterocycles. The van der Waals surface area contributed by atoms with E-state index in [0.717, 1.165) is 4.48 Å². The van der Waals surface area contributed by atoms with Crippen LogP contribution < -0.4 is 17.0 Å². The van der Waals surface area contributed by atoms with E-state index in [-0.39, 0.29) is 17.0 Å². The summed E-state index contributed by atoms with van der Waals surface area (Å²) in [5.41, 5.74) is 0. The first kappa shape index (κ1) is 31.4. The molecule has 0 aromatic carbocycles. The minimum Gasteiger partial charge on any atom is -1.00 e. The molecular weight excluding hydrogens is 535 g/mol. The van der Waals surface area contributed by atoms with Gasteiger partial charge in [0.1, 0.15) is 0 Å². The fourth-order valence-corrected chi connectivity index (χ4v) is 5.10. The molecule has 1 rings (SSSR count). The van der Waals surface area contributed by atoms with Crippen LogP contribution in [0.5, 0.6) is 0 Å². The molecule has 1 aliphatic carbocycles. The highest BCUT2D eigenvalue weighted by Gasteiger charge is 2.46. The van der Waals surface area contributed by atoms with Crippen molar-refractivity contribution in [1.29, 1.82) is 0 Å². The summed E-state index contributed by atoms with van der Waals surface area (Å²) in [4.78, 5) is 0. The van der Waals surface area contributed by atoms with Gasteiger partial charge in [-0.3, -0.25) is 0 Å². The molecule has 0 atom stereocenters. The van der Waals surface area contributed by atoms with E-state index in [0.29, 0.717) is 0 Å². The fourth-order valence-electron chi connectivity index (χ4n) is 2.77. The number of hydrogen-bond acceptors (Lipinski definition) is 0. The third-order valence-corrected chi connectivity index (χ3v) is 8.54. The molecular formula is C19H36BrCl6N. The van der Waals surface area contributed by atoms with Crippen molar-refractivity contribution in [1.82, 2.24) is 0 Å². The van der Waals surface area contributed by atoms with Crippen molar-refractivity contribution in [3.05, 3.63) is 0 Å². The van der Waals surface area contributed by atoms with E-state index in [2.05, 4.69) is 28.1 Å². The molecule has 0 amide bonds. The summed E-state index contributed by atoms with van der Waals surface area (Å²) in [6.45, 7) is 3.61. The summed E-state index contributed by atoms with van der Waals surface area (Å²) in [5, 5.41) is -2.62. The molecule has 8 heteroatoms. The molecule has 0 spiro atoms. The second-order valence-electron chi connectivity index (χ2n) is 8.16. The minimum absolute atomic E-state index is 0. The van der Waals surface area contributed by atoms with Crippen molar-refractivity contribution < 1.29 is 21.5 Å². The van der Waals surface area contributed by atoms with E-state index in [1.165, 1.54) is 57.9 Å². The van der Waals surface area contributed by atoms with Crippen molar-refractivity contribution in [3.63, 3.8) is 0 Å². The Bertz CT molecular complexity index is 297. The van der Waals surface area contributed by atoms with Crippen LogP contribution >= 0.6 is 69.6 Å². The lowest BCUT2D eigenvalue weighted by molar-refractivity contribution is -0.870. The lowest BCUT2D eigenvalue weighted by Crippen LogP contribution is -3.00. The van der Waals surface area contributed by atoms with Gasteiger partial charge < -0.3 is 21.5 Å². The van der Waals surface area contributed by atoms with Crippen LogP contribution in [0.25, 0.3) is 0 Å². The van der Waals surface area contributed by atoms with Crippen LogP contribution in [0.2, 0.25) is 0 Å². The molecule has 1 nitrogen and oxygen atoms in total. The van der Waals surface area contributed by atoms with E-state index in [4.69, 9.17) is 69.6 Å². The third kappa shape index (κ3) is 14.0. The number of unbranched alkanes of at least 4 members (excludes halogenated alkanes) is 7. The van der Waals surface area contributed by atoms with E-state index in [1.54, 1.807) is 0 Å². The molecule has 0 radical (unpaired) electrons. The third-order valence-electron chi connectivity index (χ3n) is 4.51. The molecule has 0 aliphatic heterocycles. The van der Waals surface area contributed by atoms with Crippen LogP contribution in [-0.4, -0.2) is 64.4 Å². The summed E-state index contributed by atoms with van der Waals surface area (Å²) in [7, 11) is 6.84. The lowest BCUT2D eigenvalue weighted by Gasteiger charge is -2.37. The lowest BCUT2D eigenvalue weighted by atomic mass is 9.97. The van der Waals surface area contributed by atoms with Gasteiger partial charge in [-0.2, -0.15) is 0 Å². The summed E-state index contributed by atoms with van der Waals surface area (Å²) >= 11 is 35.3. The summed E-state index contributed by atoms with van der Waals surface area (Å²) in [6.07, 6.45) is 11.4. The first-order chi connectivity index (χ1) is 12.0. The zero-order chi connectivity index (χ0) is 20.3. The Morgan fingerprint density at radius 2 is 0.778 bits per heavy atom. The van der Waals surface area contributed by atoms with Crippen LogP contribution in [0.4, 0.5) is 0 Å². The van der Waals surface area contributed by atoms with E-state index in [9.17, 15) is 0 Å². The van der Waals surface area contributed by atoms with Crippen LogP contribution in [0.15, 0.2) is 0 Å². The second-order valence-corrected chi connectivity index (χ2v) is 11.2. The molecule has 0 aromatic heterocycles. The quantitative estimate of drug-likeness (QED) is 0.218. The Balaban J connectivity index is 0. The first-order valence-corrected chi connectivity index (χ1v) is 12.3. The summed E-state index contributed by atoms with van der Waals surface area (Å²) < 4.78 is 1.12. The van der Waals surface area contributed by atoms with Crippen LogP contribution in [0.1, 0.15) is 58.3 Å². The maximum Gasteiger partial charge on any atom is 0.0780 e. The van der Waals surface area contributed by atoms with Gasteiger partial charge in [0, 0.05) is 0 Å². The summed E-state index contributed by atoms with van der Waals surface area (Å²) in [5.74, 6) is 0. The highest BCUT2D eigenvalue weighted by molar-refractivity contribution is 6.45. The minimum atomic E-state index is -0.437. The Hall–Kier alpha value is 2.18. The zero-order valence-electron chi connectivity index (χ0n) is 16.9. The predicted molar refractivity (Wildman–Crippen MR) is 123 cm³/mol. The van der Waals surface area contributed by atoms with Gasteiger partial charge in [-0.1, -0.05) is 45.4 Å². The molecule has 0 unspecified atom stereocenters. The van der Waals surface area contributed by atoms with Crippen molar-refractivity contribution in [2.75, 3.05) is 27.7 Å². The normalized spacial score (nSPS) is 30.9. The first-order valence-electron chi connectivity index (χ1n) is 9.67. The van der Waals surface area contributed by atoms with Gasteiger partial charge in [0.25, 0.3) is 0 Å². The Kier molecular flexibility index (Phi) is 19.5. The average molecular weight is 571 g/mol. The largest absolute Gasteiger partial charge is 1.00 e. The number of rotatable bonds is 9. The highest BCUT2D eigenvalue weighted by Crippen LogP contribution is 2.39. The predicted octanol–water partition coefficient (Wildman–Crippen LogP) is 4.48. The molecule has 0 heterocycles. The van der Waals surface area contributed by atoms with Crippen molar-refractivity contribution in [3.8, 4) is 0 Å². The molecule has 1 fully saturated rings. The number of quaternary nitrogens is 1. The molecule has 0 N–H and O–H groups in total. The molecule has 0 bridgehead atoms. The van der Waals surface area contributed by atoms with Gasteiger partial charge in [-0.15, -0.1) is 69.6 Å². The SMILES string of the molecule is CCCCCCCCCC[N+](C)(C)C.ClC1C(Cl)C(Cl)C(Cl)C(Cl)C1Cl.[Br-]. The molecule has 0 aromatic rings. The molecule has 1 saturated carbocycles. The molecule has 166 valence electrons. The second kappa shape index (κ2) is 16.8. The number of halogens is 7. The van der Waals surface area contributed by atoms with Crippen molar-refractivity contribution in [2.24, 2.45) is 0 Å². The molecule has 27 heavy (non-hydrogen) atoms. The monoisotopic (exact) mass is 567 g/mol. The van der Waals surface area contributed by atoms with Gasteiger partial charge >= 0.3 is 0 Å². The van der Waals surface area contributed by atoms with Gasteiger partial charge in [-0.25, -0.2) is 0 Å². The van der Waals surface area contributed by atoms with Gasteiger partial charge in [-0.05, 0) is 12.8 Å². The molecule has 1 aliphatic rings. The van der Waals surface area contributed by atoms with Gasteiger partial charge in [0.05, 0.1) is 60.0 Å². The average Bonchev–Trinajstić information content (AvgIpc) is 2.58. The smallest absolute Gasteiger partial charge is 0.0780 e. The maximum atomic E-state index is 5.88. The van der Waals surface area contributed by atoms with Crippen LogP contribution in [0, 0.1) is 0 Å². The highest BCUT2D eigenvalue weighted by atomic mass is 79.9. The number of nitrogens with zero attached hydrogens (tertiary/aromatic N) is 1. The Morgan fingerprint density at radius 3 is 1.04 bits per heavy atom. The van der Waals surface area contributed by atoms with Crippen molar-refractivity contribution >= 4 is 69.6 Å². The van der Waals surface area contributed by atoms with Gasteiger partial charge in [0.15, 0.2) is 0 Å². The maximum absolute atomic E-state index is 5.88. The fraction of sp³-hybridized carbons (Fsp3) is 1.00. The zero-order valence-corrected chi connectivity index (χ0v) is 23.0. The Labute approximate surface area is 208 Å². The Morgan fingerprint density at radius 1 is 0.519 bits per heavy atom. The topological polar surface area (TPSA) is 0 Å². The standard InChI is InChI=1S/C13H30N.C6H6Cl6.BrH/c1-5-6-7-8-9-10-11-12-13-14(2,3)4;7-1-2(8)4(10)6(12)5(11)3(1)9;/h5-13H2,1-4H3;1-6H;1H/q+1;;/p-1. The van der Waals surface area contributed by atoms with Gasteiger partial charge in [0.2, 0.25) is 0 Å². The van der Waals surface area contributed by atoms with Crippen LogP contribution in [-0.2, 0) is 0 Å². The van der Waals surface area contributed by atoms with Crippen LogP contribution in [0.3, 0.4) is 0 Å². The van der Waals surface area contributed by atoms with E-state index < -0.39 is 32.3 Å². The summed E-state index contributed by atoms with van der Waals surface area (Å²) in [6, 6.07) is 0.